The Morgan fingerprint density at radius 2 is 2.24 bits per heavy atom. The van der Waals surface area contributed by atoms with Crippen LogP contribution in [-0.2, 0) is 4.79 Å². The topological polar surface area (TPSA) is 56.1 Å². The molecule has 1 amide bonds. The lowest BCUT2D eigenvalue weighted by molar-refractivity contribution is -0.119. The molecule has 1 aromatic carbocycles. The van der Waals surface area contributed by atoms with Gasteiger partial charge in [0.05, 0.1) is 24.3 Å². The van der Waals surface area contributed by atoms with Crippen LogP contribution in [0.2, 0.25) is 0 Å². The van der Waals surface area contributed by atoms with Gasteiger partial charge in [0.25, 0.3) is 0 Å². The monoisotopic (exact) mass is 227 g/mol. The number of anilines is 1. The summed E-state index contributed by atoms with van der Waals surface area (Å²) in [6, 6.07) is 9.21. The van der Waals surface area contributed by atoms with E-state index in [2.05, 4.69) is 17.3 Å². The number of terminal acetylenes is 1. The second-order valence-electron chi connectivity index (χ2n) is 3.47. The Hall–Kier alpha value is -2.46. The molecule has 1 N–H and O–H groups in total. The number of nitrogens with zero attached hydrogens (tertiary/aromatic N) is 2. The van der Waals surface area contributed by atoms with Crippen LogP contribution in [0.25, 0.3) is 0 Å². The van der Waals surface area contributed by atoms with Gasteiger partial charge in [-0.2, -0.15) is 5.26 Å². The number of likely N-dealkylation sites (N-methyl/N-ethyl adjacent to an activating group) is 1. The van der Waals surface area contributed by atoms with Crippen LogP contribution < -0.4 is 10.2 Å². The Balaban J connectivity index is 2.71. The molecule has 0 bridgehead atoms. The van der Waals surface area contributed by atoms with E-state index in [0.29, 0.717) is 5.56 Å². The third kappa shape index (κ3) is 3.55. The number of carbonyl (C=O) groups excluding carboxylic acids is 1. The third-order valence-corrected chi connectivity index (χ3v) is 2.20. The number of nitriles is 1. The van der Waals surface area contributed by atoms with E-state index in [-0.39, 0.29) is 19.0 Å². The fourth-order valence-corrected chi connectivity index (χ4v) is 1.41. The average Bonchev–Trinajstić information content (AvgIpc) is 2.36. The Bertz CT molecular complexity index is 482. The molecule has 4 nitrogen and oxygen atoms in total. The van der Waals surface area contributed by atoms with Crippen molar-refractivity contribution in [2.24, 2.45) is 0 Å². The van der Waals surface area contributed by atoms with Crippen molar-refractivity contribution in [1.29, 1.82) is 5.26 Å². The van der Waals surface area contributed by atoms with Crippen molar-refractivity contribution in [3.05, 3.63) is 29.8 Å². The lowest BCUT2D eigenvalue weighted by Crippen LogP contribution is -2.35. The number of hydrogen-bond acceptors (Lipinski definition) is 3. The predicted molar refractivity (Wildman–Crippen MR) is 66.3 cm³/mol. The largest absolute Gasteiger partial charge is 0.364 e. The standard InChI is InChI=1S/C13H13N3O/c1-3-8-15-13(17)10-16(2)12-7-5-4-6-11(12)9-14/h1,4-7H,8,10H2,2H3,(H,15,17). The summed E-state index contributed by atoms with van der Waals surface area (Å²) >= 11 is 0. The van der Waals surface area contributed by atoms with Crippen LogP contribution in [0.3, 0.4) is 0 Å². The zero-order valence-electron chi connectivity index (χ0n) is 9.60. The molecule has 17 heavy (non-hydrogen) atoms. The molecule has 0 aliphatic heterocycles. The van der Waals surface area contributed by atoms with E-state index in [0.717, 1.165) is 5.69 Å². The zero-order chi connectivity index (χ0) is 12.7. The summed E-state index contributed by atoms with van der Waals surface area (Å²) in [5.41, 5.74) is 1.27. The van der Waals surface area contributed by atoms with Crippen LogP contribution in [-0.4, -0.2) is 26.0 Å². The van der Waals surface area contributed by atoms with Crippen molar-refractivity contribution in [2.75, 3.05) is 25.0 Å². The molecule has 0 saturated heterocycles. The molecule has 0 saturated carbocycles. The normalized spacial score (nSPS) is 8.88. The van der Waals surface area contributed by atoms with Gasteiger partial charge in [-0.3, -0.25) is 4.79 Å². The molecule has 1 rings (SSSR count). The van der Waals surface area contributed by atoms with Crippen molar-refractivity contribution in [3.8, 4) is 18.4 Å². The molecule has 0 spiro atoms. The molecule has 4 heteroatoms. The second-order valence-corrected chi connectivity index (χ2v) is 3.47. The van der Waals surface area contributed by atoms with Gasteiger partial charge < -0.3 is 10.2 Å². The SMILES string of the molecule is C#CCNC(=O)CN(C)c1ccccc1C#N. The van der Waals surface area contributed by atoms with E-state index in [4.69, 9.17) is 11.7 Å². The van der Waals surface area contributed by atoms with Gasteiger partial charge in [-0.1, -0.05) is 18.1 Å². The Morgan fingerprint density at radius 3 is 2.88 bits per heavy atom. The third-order valence-electron chi connectivity index (χ3n) is 2.20. The average molecular weight is 227 g/mol. The summed E-state index contributed by atoms with van der Waals surface area (Å²) in [4.78, 5) is 13.2. The summed E-state index contributed by atoms with van der Waals surface area (Å²) in [7, 11) is 1.76. The van der Waals surface area contributed by atoms with Crippen LogP contribution in [0.15, 0.2) is 24.3 Å². The fourth-order valence-electron chi connectivity index (χ4n) is 1.41. The summed E-state index contributed by atoms with van der Waals surface area (Å²) in [5, 5.41) is 11.5. The highest BCUT2D eigenvalue weighted by molar-refractivity contribution is 5.82. The number of rotatable bonds is 4. The lowest BCUT2D eigenvalue weighted by Gasteiger charge is -2.19. The first-order valence-corrected chi connectivity index (χ1v) is 5.09. The number of benzene rings is 1. The fraction of sp³-hybridized carbons (Fsp3) is 0.231. The maximum absolute atomic E-state index is 11.5. The molecule has 0 aliphatic carbocycles. The second kappa shape index (κ2) is 6.19. The van der Waals surface area contributed by atoms with Crippen LogP contribution in [0.5, 0.6) is 0 Å². The van der Waals surface area contributed by atoms with E-state index in [9.17, 15) is 4.79 Å². The van der Waals surface area contributed by atoms with E-state index in [1.54, 1.807) is 30.1 Å². The van der Waals surface area contributed by atoms with Crippen LogP contribution in [0.1, 0.15) is 5.56 Å². The maximum Gasteiger partial charge on any atom is 0.240 e. The lowest BCUT2D eigenvalue weighted by atomic mass is 10.2. The van der Waals surface area contributed by atoms with Gasteiger partial charge in [-0.05, 0) is 12.1 Å². The summed E-state index contributed by atoms with van der Waals surface area (Å²) < 4.78 is 0. The molecule has 0 radical (unpaired) electrons. The maximum atomic E-state index is 11.5. The number of nitrogens with one attached hydrogen (secondary N) is 1. The molecule has 1 aromatic rings. The Morgan fingerprint density at radius 1 is 1.53 bits per heavy atom. The number of hydrogen-bond donors (Lipinski definition) is 1. The first kappa shape index (κ1) is 12.6. The van der Waals surface area contributed by atoms with Crippen molar-refractivity contribution >= 4 is 11.6 Å². The molecule has 0 heterocycles. The summed E-state index contributed by atoms with van der Waals surface area (Å²) in [5.74, 6) is 2.16. The van der Waals surface area contributed by atoms with Gasteiger partial charge in [-0.25, -0.2) is 0 Å². The molecule has 86 valence electrons. The van der Waals surface area contributed by atoms with Crippen LogP contribution >= 0.6 is 0 Å². The highest BCUT2D eigenvalue weighted by Gasteiger charge is 2.09. The zero-order valence-corrected chi connectivity index (χ0v) is 9.60. The van der Waals surface area contributed by atoms with Crippen LogP contribution in [0, 0.1) is 23.7 Å². The van der Waals surface area contributed by atoms with E-state index < -0.39 is 0 Å². The Kier molecular flexibility index (Phi) is 4.59. The minimum absolute atomic E-state index is 0.167. The number of carbonyl (C=O) groups is 1. The first-order chi connectivity index (χ1) is 8.19. The molecular formula is C13H13N3O. The minimum Gasteiger partial charge on any atom is -0.364 e. The van der Waals surface area contributed by atoms with Gasteiger partial charge in [0.15, 0.2) is 0 Å². The van der Waals surface area contributed by atoms with Crippen molar-refractivity contribution in [3.63, 3.8) is 0 Å². The molecule has 0 unspecified atom stereocenters. The smallest absolute Gasteiger partial charge is 0.240 e. The van der Waals surface area contributed by atoms with Crippen molar-refractivity contribution < 1.29 is 4.79 Å². The van der Waals surface area contributed by atoms with E-state index >= 15 is 0 Å². The molecule has 0 atom stereocenters. The molecule has 0 aromatic heterocycles. The van der Waals surface area contributed by atoms with Crippen molar-refractivity contribution in [1.82, 2.24) is 5.32 Å². The van der Waals surface area contributed by atoms with Gasteiger partial charge in [0.1, 0.15) is 6.07 Å². The molecule has 0 aliphatic rings. The number of para-hydroxylation sites is 1. The first-order valence-electron chi connectivity index (χ1n) is 5.09. The predicted octanol–water partition coefficient (Wildman–Crippen LogP) is 0.744. The molecule has 0 fully saturated rings. The quantitative estimate of drug-likeness (QED) is 0.772. The van der Waals surface area contributed by atoms with E-state index in [1.807, 2.05) is 6.07 Å². The highest BCUT2D eigenvalue weighted by Crippen LogP contribution is 2.17. The van der Waals surface area contributed by atoms with Crippen LogP contribution in [0.4, 0.5) is 5.69 Å². The number of amides is 1. The summed E-state index contributed by atoms with van der Waals surface area (Å²) in [6.07, 6.45) is 5.04. The molecular weight excluding hydrogens is 214 g/mol. The summed E-state index contributed by atoms with van der Waals surface area (Å²) in [6.45, 7) is 0.382. The van der Waals surface area contributed by atoms with Gasteiger partial charge in [0.2, 0.25) is 5.91 Å². The highest BCUT2D eigenvalue weighted by atomic mass is 16.2. The van der Waals surface area contributed by atoms with Gasteiger partial charge in [0, 0.05) is 7.05 Å². The van der Waals surface area contributed by atoms with Gasteiger partial charge >= 0.3 is 0 Å². The Labute approximate surface area is 101 Å². The minimum atomic E-state index is -0.168. The van der Waals surface area contributed by atoms with E-state index in [1.165, 1.54) is 0 Å². The van der Waals surface area contributed by atoms with Crippen molar-refractivity contribution in [2.45, 2.75) is 0 Å². The van der Waals surface area contributed by atoms with Gasteiger partial charge in [-0.15, -0.1) is 6.42 Å².